The van der Waals surface area contributed by atoms with Crippen molar-refractivity contribution in [2.45, 2.75) is 0 Å². The summed E-state index contributed by atoms with van der Waals surface area (Å²) in [4.78, 5) is 12.0. The van der Waals surface area contributed by atoms with Gasteiger partial charge in [0.15, 0.2) is 0 Å². The van der Waals surface area contributed by atoms with Gasteiger partial charge in [0.2, 0.25) is 5.91 Å². The smallest absolute Gasteiger partial charge is 0.245 e. The number of hydrogen-bond donors (Lipinski definition) is 0. The quantitative estimate of drug-likeness (QED) is 0.502. The molecule has 0 aromatic carbocycles. The Morgan fingerprint density at radius 3 is 2.56 bits per heavy atom. The first kappa shape index (κ1) is 8.14. The standard InChI is InChI=1S/C6H10FNO/c1-8(2)6(9)4-3-5-7/h3-4H,5H2,1-2H3/b4-3+. The second-order valence-corrected chi connectivity index (χ2v) is 1.79. The molecule has 0 unspecified atom stereocenters. The third kappa shape index (κ3) is 3.70. The molecule has 0 N–H and O–H groups in total. The minimum absolute atomic E-state index is 0.187. The van der Waals surface area contributed by atoms with Crippen molar-refractivity contribution in [2.24, 2.45) is 0 Å². The van der Waals surface area contributed by atoms with E-state index in [1.807, 2.05) is 0 Å². The third-order valence-corrected chi connectivity index (χ3v) is 0.790. The lowest BCUT2D eigenvalue weighted by Crippen LogP contribution is -2.18. The predicted molar refractivity (Wildman–Crippen MR) is 33.8 cm³/mol. The van der Waals surface area contributed by atoms with Crippen molar-refractivity contribution in [1.29, 1.82) is 0 Å². The monoisotopic (exact) mass is 131 g/mol. The summed E-state index contributed by atoms with van der Waals surface area (Å²) in [6.07, 6.45) is 2.39. The fraction of sp³-hybridized carbons (Fsp3) is 0.500. The molecule has 0 aliphatic rings. The van der Waals surface area contributed by atoms with E-state index in [9.17, 15) is 9.18 Å². The molecule has 0 heterocycles. The molecule has 0 radical (unpaired) electrons. The van der Waals surface area contributed by atoms with Crippen LogP contribution >= 0.6 is 0 Å². The lowest BCUT2D eigenvalue weighted by molar-refractivity contribution is -0.123. The molecule has 0 aliphatic heterocycles. The van der Waals surface area contributed by atoms with Crippen LogP contribution in [0.5, 0.6) is 0 Å². The van der Waals surface area contributed by atoms with E-state index in [0.29, 0.717) is 0 Å². The van der Waals surface area contributed by atoms with Crippen molar-refractivity contribution in [3.8, 4) is 0 Å². The van der Waals surface area contributed by atoms with Crippen molar-refractivity contribution in [1.82, 2.24) is 4.90 Å². The second kappa shape index (κ2) is 4.06. The first-order valence-electron chi connectivity index (χ1n) is 2.62. The van der Waals surface area contributed by atoms with Crippen LogP contribution in [0.15, 0.2) is 12.2 Å². The Hall–Kier alpha value is -0.860. The highest BCUT2D eigenvalue weighted by Gasteiger charge is 1.94. The summed E-state index contributed by atoms with van der Waals surface area (Å²) in [5, 5.41) is 0. The first-order chi connectivity index (χ1) is 4.18. The molecule has 0 rings (SSSR count). The van der Waals surface area contributed by atoms with Crippen LogP contribution in [0.3, 0.4) is 0 Å². The van der Waals surface area contributed by atoms with Gasteiger partial charge in [0, 0.05) is 20.2 Å². The van der Waals surface area contributed by atoms with Gasteiger partial charge >= 0.3 is 0 Å². The van der Waals surface area contributed by atoms with Crippen LogP contribution in [0.2, 0.25) is 0 Å². The molecule has 0 spiro atoms. The number of hydrogen-bond acceptors (Lipinski definition) is 1. The Labute approximate surface area is 54.0 Å². The Balaban J connectivity index is 3.63. The summed E-state index contributed by atoms with van der Waals surface area (Å²) in [5.41, 5.74) is 0. The van der Waals surface area contributed by atoms with Crippen LogP contribution in [-0.2, 0) is 4.79 Å². The Kier molecular flexibility index (Phi) is 3.67. The van der Waals surface area contributed by atoms with Crippen LogP contribution in [0.25, 0.3) is 0 Å². The number of amides is 1. The maximum atomic E-state index is 11.4. The van der Waals surface area contributed by atoms with Crippen molar-refractivity contribution < 1.29 is 9.18 Å². The fourth-order valence-electron chi connectivity index (χ4n) is 0.294. The number of rotatable bonds is 2. The van der Waals surface area contributed by atoms with Gasteiger partial charge in [0.1, 0.15) is 6.67 Å². The van der Waals surface area contributed by atoms with E-state index in [1.165, 1.54) is 17.1 Å². The molecule has 0 saturated carbocycles. The summed E-state index contributed by atoms with van der Waals surface area (Å²) in [5.74, 6) is -0.187. The van der Waals surface area contributed by atoms with E-state index in [2.05, 4.69) is 0 Å². The molecule has 1 amide bonds. The maximum absolute atomic E-state index is 11.4. The molecule has 2 nitrogen and oxygen atoms in total. The molecule has 0 saturated heterocycles. The molecule has 52 valence electrons. The molecular weight excluding hydrogens is 121 g/mol. The Bertz CT molecular complexity index is 120. The lowest BCUT2D eigenvalue weighted by Gasteiger charge is -2.04. The zero-order valence-electron chi connectivity index (χ0n) is 5.60. The number of nitrogens with zero attached hydrogens (tertiary/aromatic N) is 1. The van der Waals surface area contributed by atoms with Gasteiger partial charge in [-0.25, -0.2) is 4.39 Å². The molecule has 0 atom stereocenters. The van der Waals surface area contributed by atoms with Crippen molar-refractivity contribution >= 4 is 5.91 Å². The topological polar surface area (TPSA) is 20.3 Å². The maximum Gasteiger partial charge on any atom is 0.245 e. The van der Waals surface area contributed by atoms with Crippen LogP contribution in [0.1, 0.15) is 0 Å². The zero-order chi connectivity index (χ0) is 7.28. The average molecular weight is 131 g/mol. The van der Waals surface area contributed by atoms with Gasteiger partial charge in [0.05, 0.1) is 0 Å². The Morgan fingerprint density at radius 2 is 2.22 bits per heavy atom. The van der Waals surface area contributed by atoms with E-state index in [4.69, 9.17) is 0 Å². The van der Waals surface area contributed by atoms with E-state index >= 15 is 0 Å². The van der Waals surface area contributed by atoms with Crippen molar-refractivity contribution in [3.05, 3.63) is 12.2 Å². The lowest BCUT2D eigenvalue weighted by atomic mass is 10.5. The zero-order valence-corrected chi connectivity index (χ0v) is 5.60. The number of alkyl halides is 1. The largest absolute Gasteiger partial charge is 0.345 e. The average Bonchev–Trinajstić information content (AvgIpc) is 1.82. The Morgan fingerprint density at radius 1 is 1.67 bits per heavy atom. The fourth-order valence-corrected chi connectivity index (χ4v) is 0.294. The third-order valence-electron chi connectivity index (χ3n) is 0.790. The second-order valence-electron chi connectivity index (χ2n) is 1.79. The molecule has 0 aromatic heterocycles. The predicted octanol–water partition coefficient (Wildman–Crippen LogP) is 0.600. The van der Waals surface area contributed by atoms with Gasteiger partial charge in [-0.3, -0.25) is 4.79 Å². The van der Waals surface area contributed by atoms with Gasteiger partial charge in [-0.2, -0.15) is 0 Å². The first-order valence-corrected chi connectivity index (χ1v) is 2.62. The molecule has 0 bridgehead atoms. The van der Waals surface area contributed by atoms with E-state index < -0.39 is 6.67 Å². The highest BCUT2D eigenvalue weighted by atomic mass is 19.1. The number of likely N-dealkylation sites (N-methyl/N-ethyl adjacent to an activating group) is 1. The summed E-state index contributed by atoms with van der Waals surface area (Å²) in [6, 6.07) is 0. The van der Waals surface area contributed by atoms with Gasteiger partial charge in [-0.05, 0) is 6.08 Å². The summed E-state index contributed by atoms with van der Waals surface area (Å²) < 4.78 is 11.4. The molecule has 3 heteroatoms. The number of carbonyl (C=O) groups is 1. The van der Waals surface area contributed by atoms with Crippen LogP contribution < -0.4 is 0 Å². The van der Waals surface area contributed by atoms with Gasteiger partial charge in [0.25, 0.3) is 0 Å². The highest BCUT2D eigenvalue weighted by Crippen LogP contribution is 1.81. The van der Waals surface area contributed by atoms with Gasteiger partial charge < -0.3 is 4.90 Å². The number of allylic oxidation sites excluding steroid dienone is 1. The molecule has 9 heavy (non-hydrogen) atoms. The highest BCUT2D eigenvalue weighted by molar-refractivity contribution is 5.87. The molecule has 0 aliphatic carbocycles. The molecular formula is C6H10FNO. The van der Waals surface area contributed by atoms with Gasteiger partial charge in [-0.1, -0.05) is 0 Å². The SMILES string of the molecule is CN(C)C(=O)/C=C/CF. The van der Waals surface area contributed by atoms with E-state index in [0.717, 1.165) is 0 Å². The summed E-state index contributed by atoms with van der Waals surface area (Å²) in [6.45, 7) is -0.584. The number of carbonyl (C=O) groups excluding carboxylic acids is 1. The van der Waals surface area contributed by atoms with Crippen molar-refractivity contribution in [2.75, 3.05) is 20.8 Å². The summed E-state index contributed by atoms with van der Waals surface area (Å²) in [7, 11) is 3.23. The molecule has 0 aromatic rings. The van der Waals surface area contributed by atoms with Crippen molar-refractivity contribution in [3.63, 3.8) is 0 Å². The number of halogens is 1. The van der Waals surface area contributed by atoms with Crippen LogP contribution in [0.4, 0.5) is 4.39 Å². The molecule has 0 fully saturated rings. The normalized spacial score (nSPS) is 10.1. The van der Waals surface area contributed by atoms with E-state index in [1.54, 1.807) is 14.1 Å². The van der Waals surface area contributed by atoms with Gasteiger partial charge in [-0.15, -0.1) is 0 Å². The van der Waals surface area contributed by atoms with Crippen LogP contribution in [-0.4, -0.2) is 31.6 Å². The minimum Gasteiger partial charge on any atom is -0.345 e. The minimum atomic E-state index is -0.584. The summed E-state index contributed by atoms with van der Waals surface area (Å²) >= 11 is 0. The van der Waals surface area contributed by atoms with E-state index in [-0.39, 0.29) is 5.91 Å². The van der Waals surface area contributed by atoms with Crippen LogP contribution in [0, 0.1) is 0 Å².